The summed E-state index contributed by atoms with van der Waals surface area (Å²) in [4.78, 5) is 11.6. The summed E-state index contributed by atoms with van der Waals surface area (Å²) in [5.41, 5.74) is -0.310. The molecule has 2 N–H and O–H groups in total. The Bertz CT molecular complexity index is 387. The summed E-state index contributed by atoms with van der Waals surface area (Å²) in [5, 5.41) is 15.0. The van der Waals surface area contributed by atoms with Gasteiger partial charge >= 0.3 is 6.09 Å². The van der Waals surface area contributed by atoms with Gasteiger partial charge in [0.05, 0.1) is 6.07 Å². The minimum Gasteiger partial charge on any atom is -0.444 e. The molecule has 1 aliphatic rings. The van der Waals surface area contributed by atoms with Gasteiger partial charge < -0.3 is 15.4 Å². The summed E-state index contributed by atoms with van der Waals surface area (Å²) >= 11 is 0. The zero-order valence-electron chi connectivity index (χ0n) is 14.0. The van der Waals surface area contributed by atoms with E-state index in [1.165, 1.54) is 0 Å². The average molecular weight is 295 g/mol. The van der Waals surface area contributed by atoms with Crippen LogP contribution < -0.4 is 10.6 Å². The Morgan fingerprint density at radius 3 is 2.38 bits per heavy atom. The lowest BCUT2D eigenvalue weighted by Crippen LogP contribution is -2.54. The molecule has 0 aromatic heterocycles. The monoisotopic (exact) mass is 295 g/mol. The normalized spacial score (nSPS) is 22.1. The molecule has 0 radical (unpaired) electrons. The van der Waals surface area contributed by atoms with Crippen LogP contribution in [0.2, 0.25) is 0 Å². The predicted octanol–water partition coefficient (Wildman–Crippen LogP) is 2.96. The fourth-order valence-corrected chi connectivity index (χ4v) is 2.28. The molecule has 0 aromatic carbocycles. The Labute approximate surface area is 128 Å². The molecule has 0 atom stereocenters. The second-order valence-electron chi connectivity index (χ2n) is 7.71. The molecule has 0 unspecified atom stereocenters. The van der Waals surface area contributed by atoms with Crippen LogP contribution in [-0.2, 0) is 4.74 Å². The molecule has 0 spiro atoms. The first-order valence-corrected chi connectivity index (χ1v) is 7.71. The number of carbonyl (C=O) groups is 1. The number of hydrogen-bond acceptors (Lipinski definition) is 4. The lowest BCUT2D eigenvalue weighted by Gasteiger charge is -2.38. The van der Waals surface area contributed by atoms with Crippen molar-refractivity contribution in [1.29, 1.82) is 5.26 Å². The van der Waals surface area contributed by atoms with Gasteiger partial charge in [0.1, 0.15) is 5.60 Å². The minimum atomic E-state index is -0.448. The van der Waals surface area contributed by atoms with Gasteiger partial charge in [-0.2, -0.15) is 5.26 Å². The molecule has 0 aliphatic heterocycles. The van der Waals surface area contributed by atoms with Gasteiger partial charge in [-0.3, -0.25) is 0 Å². The van der Waals surface area contributed by atoms with Crippen molar-refractivity contribution in [3.63, 3.8) is 0 Å². The molecule has 1 saturated carbocycles. The molecule has 21 heavy (non-hydrogen) atoms. The first kappa shape index (κ1) is 17.8. The highest BCUT2D eigenvalue weighted by molar-refractivity contribution is 5.68. The van der Waals surface area contributed by atoms with Crippen LogP contribution in [0.4, 0.5) is 4.79 Å². The Hall–Kier alpha value is -1.28. The first-order valence-electron chi connectivity index (χ1n) is 7.71. The van der Waals surface area contributed by atoms with Crippen LogP contribution in [0.25, 0.3) is 0 Å². The van der Waals surface area contributed by atoms with Crippen molar-refractivity contribution < 1.29 is 9.53 Å². The van der Waals surface area contributed by atoms with E-state index in [2.05, 4.69) is 30.6 Å². The second kappa shape index (κ2) is 7.13. The van der Waals surface area contributed by atoms with E-state index in [1.54, 1.807) is 0 Å². The van der Waals surface area contributed by atoms with Gasteiger partial charge in [-0.15, -0.1) is 0 Å². The number of rotatable bonds is 6. The van der Waals surface area contributed by atoms with Gasteiger partial charge in [-0.25, -0.2) is 4.79 Å². The number of nitrogens with zero attached hydrogens (tertiary/aromatic N) is 1. The number of amides is 1. The fourth-order valence-electron chi connectivity index (χ4n) is 2.28. The van der Waals surface area contributed by atoms with Crippen LogP contribution in [0.15, 0.2) is 0 Å². The zero-order chi connectivity index (χ0) is 16.1. The van der Waals surface area contributed by atoms with Crippen LogP contribution in [0.1, 0.15) is 60.3 Å². The third-order valence-electron chi connectivity index (χ3n) is 3.64. The highest BCUT2D eigenvalue weighted by Gasteiger charge is 2.32. The summed E-state index contributed by atoms with van der Waals surface area (Å²) in [6, 6.07) is 2.86. The lowest BCUT2D eigenvalue weighted by atomic mass is 9.83. The van der Waals surface area contributed by atoms with Crippen molar-refractivity contribution >= 4 is 6.09 Å². The van der Waals surface area contributed by atoms with E-state index in [1.807, 2.05) is 20.8 Å². The Morgan fingerprint density at radius 2 is 1.86 bits per heavy atom. The van der Waals surface area contributed by atoms with E-state index >= 15 is 0 Å². The van der Waals surface area contributed by atoms with E-state index in [-0.39, 0.29) is 17.6 Å². The van der Waals surface area contributed by atoms with Crippen LogP contribution in [0, 0.1) is 16.7 Å². The quantitative estimate of drug-likeness (QED) is 0.790. The fraction of sp³-hybridized carbons (Fsp3) is 0.875. The van der Waals surface area contributed by atoms with Gasteiger partial charge in [0.2, 0.25) is 0 Å². The first-order chi connectivity index (χ1) is 9.61. The topological polar surface area (TPSA) is 74.2 Å². The summed E-state index contributed by atoms with van der Waals surface area (Å²) in [5.74, 6) is 0. The van der Waals surface area contributed by atoms with Crippen molar-refractivity contribution in [3.05, 3.63) is 0 Å². The van der Waals surface area contributed by atoms with Gasteiger partial charge in [-0.1, -0.05) is 13.8 Å². The number of alkyl carbamates (subject to hydrolysis) is 1. The third kappa shape index (κ3) is 7.33. The summed E-state index contributed by atoms with van der Waals surface area (Å²) < 4.78 is 5.24. The molecule has 1 aliphatic carbocycles. The van der Waals surface area contributed by atoms with Gasteiger partial charge in [0, 0.05) is 25.0 Å². The summed E-state index contributed by atoms with van der Waals surface area (Å²) in [6.07, 6.45) is 3.05. The molecule has 1 fully saturated rings. The molecule has 1 amide bonds. The van der Waals surface area contributed by atoms with Gasteiger partial charge in [-0.05, 0) is 45.4 Å². The third-order valence-corrected chi connectivity index (χ3v) is 3.64. The van der Waals surface area contributed by atoms with Crippen LogP contribution in [0.3, 0.4) is 0 Å². The zero-order valence-corrected chi connectivity index (χ0v) is 14.0. The molecule has 120 valence electrons. The Balaban J connectivity index is 2.17. The lowest BCUT2D eigenvalue weighted by molar-refractivity contribution is 0.0462. The maximum atomic E-state index is 11.6. The number of ether oxygens (including phenoxy) is 1. The molecule has 0 bridgehead atoms. The highest BCUT2D eigenvalue weighted by Crippen LogP contribution is 2.25. The average Bonchev–Trinajstić information content (AvgIpc) is 2.27. The maximum absolute atomic E-state index is 11.6. The van der Waals surface area contributed by atoms with E-state index in [0.717, 1.165) is 25.8 Å². The second-order valence-corrected chi connectivity index (χ2v) is 7.71. The molecule has 0 heterocycles. The van der Waals surface area contributed by atoms with Crippen LogP contribution in [-0.4, -0.2) is 30.3 Å². The molecule has 0 saturated heterocycles. The van der Waals surface area contributed by atoms with E-state index in [4.69, 9.17) is 10.00 Å². The van der Waals surface area contributed by atoms with Crippen molar-refractivity contribution in [3.8, 4) is 6.07 Å². The largest absolute Gasteiger partial charge is 0.444 e. The van der Waals surface area contributed by atoms with Crippen molar-refractivity contribution in [2.45, 2.75) is 78.0 Å². The van der Waals surface area contributed by atoms with Gasteiger partial charge in [0.15, 0.2) is 0 Å². The number of carbonyl (C=O) groups excluding carboxylic acids is 1. The highest BCUT2D eigenvalue weighted by atomic mass is 16.6. The smallest absolute Gasteiger partial charge is 0.407 e. The standard InChI is InChI=1S/C16H29N3O2/c1-15(2,3)21-14(20)19-13-9-12(10-13)18-11-16(4,5)7-6-8-17/h12-13,18H,6-7,9-11H2,1-5H3,(H,19,20). The minimum absolute atomic E-state index is 0.138. The number of nitriles is 1. The van der Waals surface area contributed by atoms with E-state index in [0.29, 0.717) is 12.5 Å². The molecule has 1 rings (SSSR count). The molecule has 0 aromatic rings. The van der Waals surface area contributed by atoms with Crippen molar-refractivity contribution in [2.24, 2.45) is 5.41 Å². The Kier molecular flexibility index (Phi) is 6.03. The van der Waals surface area contributed by atoms with Crippen molar-refractivity contribution in [1.82, 2.24) is 10.6 Å². The van der Waals surface area contributed by atoms with E-state index < -0.39 is 5.60 Å². The maximum Gasteiger partial charge on any atom is 0.407 e. The summed E-state index contributed by atoms with van der Waals surface area (Å²) in [6.45, 7) is 10.8. The summed E-state index contributed by atoms with van der Waals surface area (Å²) in [7, 11) is 0. The SMILES string of the molecule is CC(C)(CCC#N)CNC1CC(NC(=O)OC(C)(C)C)C1. The number of nitrogens with one attached hydrogen (secondary N) is 2. The molecular formula is C16H29N3O2. The van der Waals surface area contributed by atoms with Crippen LogP contribution in [0.5, 0.6) is 0 Å². The number of hydrogen-bond donors (Lipinski definition) is 2. The molecular weight excluding hydrogens is 266 g/mol. The molecule has 5 heteroatoms. The van der Waals surface area contributed by atoms with E-state index in [9.17, 15) is 4.79 Å². The van der Waals surface area contributed by atoms with Gasteiger partial charge in [0.25, 0.3) is 0 Å². The Morgan fingerprint density at radius 1 is 1.24 bits per heavy atom. The van der Waals surface area contributed by atoms with Crippen molar-refractivity contribution in [2.75, 3.05) is 6.54 Å². The van der Waals surface area contributed by atoms with Crippen LogP contribution >= 0.6 is 0 Å². The molecule has 5 nitrogen and oxygen atoms in total. The predicted molar refractivity (Wildman–Crippen MR) is 82.8 cm³/mol.